The second-order valence-corrected chi connectivity index (χ2v) is 6.69. The highest BCUT2D eigenvalue weighted by Crippen LogP contribution is 2.27. The van der Waals surface area contributed by atoms with Crippen molar-refractivity contribution in [2.45, 2.75) is 45.6 Å². The Morgan fingerprint density at radius 2 is 1.88 bits per heavy atom. The van der Waals surface area contributed by atoms with Gasteiger partial charge in [-0.05, 0) is 44.2 Å². The number of nitrogens with one attached hydrogen (secondary N) is 2. The van der Waals surface area contributed by atoms with E-state index in [-0.39, 0.29) is 18.4 Å². The monoisotopic (exact) mass is 347 g/mol. The van der Waals surface area contributed by atoms with E-state index in [0.29, 0.717) is 38.5 Å². The van der Waals surface area contributed by atoms with Crippen LogP contribution in [0.4, 0.5) is 5.69 Å². The molecule has 0 heterocycles. The van der Waals surface area contributed by atoms with Crippen molar-refractivity contribution in [2.24, 2.45) is 0 Å². The summed E-state index contributed by atoms with van der Waals surface area (Å²) in [4.78, 5) is 26.3. The van der Waals surface area contributed by atoms with E-state index in [1.165, 1.54) is 0 Å². The Labute approximate surface area is 149 Å². The lowest BCUT2D eigenvalue weighted by Crippen LogP contribution is -2.38. The molecular formula is C19H29N3O3. The van der Waals surface area contributed by atoms with Crippen LogP contribution in [0.5, 0.6) is 0 Å². The number of aryl methyl sites for hydroxylation is 2. The van der Waals surface area contributed by atoms with Crippen molar-refractivity contribution in [1.82, 2.24) is 10.2 Å². The SMILES string of the molecule is Cc1cccc(C)c1NC(=O)CN(CCC(=O)NCCCO)C1CC1. The number of carbonyl (C=O) groups excluding carboxylic acids is 2. The molecule has 1 aliphatic rings. The second kappa shape index (κ2) is 9.53. The van der Waals surface area contributed by atoms with Crippen molar-refractivity contribution in [3.8, 4) is 0 Å². The van der Waals surface area contributed by atoms with Gasteiger partial charge in [-0.2, -0.15) is 0 Å². The highest BCUT2D eigenvalue weighted by molar-refractivity contribution is 5.93. The Kier molecular flexibility index (Phi) is 7.40. The molecule has 0 spiro atoms. The van der Waals surface area contributed by atoms with Gasteiger partial charge in [-0.1, -0.05) is 18.2 Å². The first-order valence-corrected chi connectivity index (χ1v) is 8.99. The Bertz CT molecular complexity index is 579. The van der Waals surface area contributed by atoms with Crippen LogP contribution >= 0.6 is 0 Å². The predicted molar refractivity (Wildman–Crippen MR) is 98.5 cm³/mol. The number of anilines is 1. The fraction of sp³-hybridized carbons (Fsp3) is 0.579. The van der Waals surface area contributed by atoms with Crippen molar-refractivity contribution in [3.05, 3.63) is 29.3 Å². The molecule has 0 aromatic heterocycles. The van der Waals surface area contributed by atoms with E-state index in [2.05, 4.69) is 15.5 Å². The average molecular weight is 347 g/mol. The summed E-state index contributed by atoms with van der Waals surface area (Å²) in [5.74, 6) is -0.0701. The summed E-state index contributed by atoms with van der Waals surface area (Å²) in [6, 6.07) is 6.36. The lowest BCUT2D eigenvalue weighted by molar-refractivity contribution is -0.122. The fourth-order valence-corrected chi connectivity index (χ4v) is 2.85. The molecule has 0 atom stereocenters. The number of rotatable bonds is 10. The van der Waals surface area contributed by atoms with Gasteiger partial charge in [0, 0.05) is 37.8 Å². The normalized spacial score (nSPS) is 13.8. The Hall–Kier alpha value is -1.92. The molecule has 0 unspecified atom stereocenters. The molecule has 25 heavy (non-hydrogen) atoms. The van der Waals surface area contributed by atoms with Crippen LogP contribution in [-0.4, -0.2) is 54.1 Å². The molecule has 6 heteroatoms. The van der Waals surface area contributed by atoms with Crippen molar-refractivity contribution < 1.29 is 14.7 Å². The zero-order chi connectivity index (χ0) is 18.2. The molecule has 0 aliphatic heterocycles. The molecule has 3 N–H and O–H groups in total. The topological polar surface area (TPSA) is 81.7 Å². The van der Waals surface area contributed by atoms with E-state index in [1.54, 1.807) is 0 Å². The summed E-state index contributed by atoms with van der Waals surface area (Å²) in [6.45, 7) is 5.42. The number of hydrogen-bond acceptors (Lipinski definition) is 4. The molecule has 2 rings (SSSR count). The minimum Gasteiger partial charge on any atom is -0.396 e. The molecule has 138 valence electrons. The van der Waals surface area contributed by atoms with Crippen LogP contribution in [0.1, 0.15) is 36.8 Å². The third kappa shape index (κ3) is 6.48. The maximum atomic E-state index is 12.4. The van der Waals surface area contributed by atoms with Gasteiger partial charge < -0.3 is 15.7 Å². The Morgan fingerprint density at radius 1 is 1.20 bits per heavy atom. The van der Waals surface area contributed by atoms with Crippen LogP contribution < -0.4 is 10.6 Å². The van der Waals surface area contributed by atoms with Crippen molar-refractivity contribution in [2.75, 3.05) is 31.6 Å². The van der Waals surface area contributed by atoms with Gasteiger partial charge in [-0.3, -0.25) is 14.5 Å². The summed E-state index contributed by atoms with van der Waals surface area (Å²) >= 11 is 0. The third-order valence-corrected chi connectivity index (χ3v) is 4.44. The van der Waals surface area contributed by atoms with E-state index in [4.69, 9.17) is 5.11 Å². The van der Waals surface area contributed by atoms with Crippen molar-refractivity contribution in [1.29, 1.82) is 0 Å². The van der Waals surface area contributed by atoms with Crippen LogP contribution in [-0.2, 0) is 9.59 Å². The molecule has 1 aromatic carbocycles. The van der Waals surface area contributed by atoms with E-state index >= 15 is 0 Å². The molecular weight excluding hydrogens is 318 g/mol. The van der Waals surface area contributed by atoms with Crippen LogP contribution in [0.15, 0.2) is 18.2 Å². The van der Waals surface area contributed by atoms with Gasteiger partial charge in [-0.15, -0.1) is 0 Å². The summed E-state index contributed by atoms with van der Waals surface area (Å²) in [7, 11) is 0. The minimum absolute atomic E-state index is 0.0331. The van der Waals surface area contributed by atoms with Crippen LogP contribution in [0.2, 0.25) is 0 Å². The maximum Gasteiger partial charge on any atom is 0.238 e. The zero-order valence-electron chi connectivity index (χ0n) is 15.2. The van der Waals surface area contributed by atoms with E-state index in [9.17, 15) is 9.59 Å². The van der Waals surface area contributed by atoms with Gasteiger partial charge in [0.25, 0.3) is 0 Å². The number of aliphatic hydroxyl groups excluding tert-OH is 1. The van der Waals surface area contributed by atoms with Gasteiger partial charge >= 0.3 is 0 Å². The molecule has 1 aromatic rings. The summed E-state index contributed by atoms with van der Waals surface area (Å²) < 4.78 is 0. The van der Waals surface area contributed by atoms with Crippen molar-refractivity contribution >= 4 is 17.5 Å². The highest BCUT2D eigenvalue weighted by Gasteiger charge is 2.30. The number of hydrogen-bond donors (Lipinski definition) is 3. The number of nitrogens with zero attached hydrogens (tertiary/aromatic N) is 1. The van der Waals surface area contributed by atoms with Crippen LogP contribution in [0.25, 0.3) is 0 Å². The smallest absolute Gasteiger partial charge is 0.238 e. The van der Waals surface area contributed by atoms with Crippen LogP contribution in [0.3, 0.4) is 0 Å². The minimum atomic E-state index is -0.0370. The summed E-state index contributed by atoms with van der Waals surface area (Å²) in [5.41, 5.74) is 2.98. The zero-order valence-corrected chi connectivity index (χ0v) is 15.2. The standard InChI is InChI=1S/C19H29N3O3/c1-14-5-3-6-15(2)19(14)21-18(25)13-22(16-7-8-16)11-9-17(24)20-10-4-12-23/h3,5-6,16,23H,4,7-13H2,1-2H3,(H,20,24)(H,21,25). The molecule has 1 aliphatic carbocycles. The highest BCUT2D eigenvalue weighted by atomic mass is 16.3. The number of carbonyl (C=O) groups is 2. The lowest BCUT2D eigenvalue weighted by atomic mass is 10.1. The second-order valence-electron chi connectivity index (χ2n) is 6.69. The average Bonchev–Trinajstić information content (AvgIpc) is 3.40. The number of benzene rings is 1. The molecule has 1 saturated carbocycles. The van der Waals surface area contributed by atoms with E-state index in [0.717, 1.165) is 29.7 Å². The molecule has 0 saturated heterocycles. The van der Waals surface area contributed by atoms with E-state index < -0.39 is 0 Å². The van der Waals surface area contributed by atoms with Gasteiger partial charge in [0.1, 0.15) is 0 Å². The molecule has 2 amide bonds. The van der Waals surface area contributed by atoms with Crippen molar-refractivity contribution in [3.63, 3.8) is 0 Å². The van der Waals surface area contributed by atoms with Crippen LogP contribution in [0, 0.1) is 13.8 Å². The van der Waals surface area contributed by atoms with Gasteiger partial charge in [0.2, 0.25) is 11.8 Å². The first kappa shape index (κ1) is 19.4. The number of amides is 2. The first-order chi connectivity index (χ1) is 12.0. The summed E-state index contributed by atoms with van der Waals surface area (Å²) in [6.07, 6.45) is 3.11. The van der Waals surface area contributed by atoms with E-state index in [1.807, 2.05) is 32.0 Å². The van der Waals surface area contributed by atoms with Gasteiger partial charge in [-0.25, -0.2) is 0 Å². The maximum absolute atomic E-state index is 12.4. The van der Waals surface area contributed by atoms with Gasteiger partial charge in [0.15, 0.2) is 0 Å². The Balaban J connectivity index is 1.82. The third-order valence-electron chi connectivity index (χ3n) is 4.44. The molecule has 1 fully saturated rings. The lowest BCUT2D eigenvalue weighted by Gasteiger charge is -2.22. The molecule has 0 radical (unpaired) electrons. The fourth-order valence-electron chi connectivity index (χ4n) is 2.85. The summed E-state index contributed by atoms with van der Waals surface area (Å²) in [5, 5.41) is 14.5. The molecule has 0 bridgehead atoms. The number of para-hydroxylation sites is 1. The quantitative estimate of drug-likeness (QED) is 0.562. The molecule has 6 nitrogen and oxygen atoms in total. The number of aliphatic hydroxyl groups is 1. The first-order valence-electron chi connectivity index (χ1n) is 8.99. The largest absolute Gasteiger partial charge is 0.396 e. The van der Waals surface area contributed by atoms with Gasteiger partial charge in [0.05, 0.1) is 6.54 Å². The Morgan fingerprint density at radius 3 is 2.48 bits per heavy atom. The predicted octanol–water partition coefficient (Wildman–Crippen LogP) is 1.60.